The Morgan fingerprint density at radius 1 is 0.962 bits per heavy atom. The molecule has 5 nitrogen and oxygen atoms in total. The van der Waals surface area contributed by atoms with Crippen molar-refractivity contribution >= 4 is 22.4 Å². The predicted octanol–water partition coefficient (Wildman–Crippen LogP) is 4.14. The maximum Gasteiger partial charge on any atom is 0.215 e. The zero-order chi connectivity index (χ0) is 17.9. The van der Waals surface area contributed by atoms with Gasteiger partial charge in [-0.1, -0.05) is 36.4 Å². The first-order valence-electron chi connectivity index (χ1n) is 8.23. The SMILES string of the molecule is COc1cc2c(cn1)c(=O)cc(Nc1ccccc1)n2-c1ccccc1. The van der Waals surface area contributed by atoms with Gasteiger partial charge < -0.3 is 10.1 Å². The molecule has 0 aliphatic heterocycles. The van der Waals surface area contributed by atoms with E-state index in [1.165, 1.54) is 0 Å². The molecule has 0 aliphatic carbocycles. The van der Waals surface area contributed by atoms with Crippen LogP contribution in [0.2, 0.25) is 0 Å². The van der Waals surface area contributed by atoms with E-state index in [4.69, 9.17) is 4.74 Å². The van der Waals surface area contributed by atoms with Gasteiger partial charge in [0.1, 0.15) is 5.82 Å². The summed E-state index contributed by atoms with van der Waals surface area (Å²) in [5.74, 6) is 1.13. The largest absolute Gasteiger partial charge is 0.481 e. The molecule has 0 atom stereocenters. The van der Waals surface area contributed by atoms with Crippen LogP contribution in [0, 0.1) is 0 Å². The first-order valence-corrected chi connectivity index (χ1v) is 8.23. The predicted molar refractivity (Wildman–Crippen MR) is 104 cm³/mol. The number of nitrogens with one attached hydrogen (secondary N) is 1. The van der Waals surface area contributed by atoms with Crippen molar-refractivity contribution in [3.8, 4) is 11.6 Å². The van der Waals surface area contributed by atoms with Crippen LogP contribution in [-0.4, -0.2) is 16.7 Å². The van der Waals surface area contributed by atoms with Crippen LogP contribution < -0.4 is 15.5 Å². The van der Waals surface area contributed by atoms with E-state index >= 15 is 0 Å². The van der Waals surface area contributed by atoms with Gasteiger partial charge in [-0.3, -0.25) is 9.36 Å². The minimum absolute atomic E-state index is 0.0965. The number of rotatable bonds is 4. The Labute approximate surface area is 150 Å². The Hall–Kier alpha value is -3.60. The third kappa shape index (κ3) is 2.91. The van der Waals surface area contributed by atoms with Crippen LogP contribution in [-0.2, 0) is 0 Å². The van der Waals surface area contributed by atoms with Crippen LogP contribution >= 0.6 is 0 Å². The van der Waals surface area contributed by atoms with Crippen molar-refractivity contribution < 1.29 is 4.74 Å². The highest BCUT2D eigenvalue weighted by Gasteiger charge is 2.13. The summed E-state index contributed by atoms with van der Waals surface area (Å²) in [4.78, 5) is 16.8. The van der Waals surface area contributed by atoms with Gasteiger partial charge in [-0.2, -0.15) is 0 Å². The monoisotopic (exact) mass is 343 g/mol. The van der Waals surface area contributed by atoms with E-state index in [-0.39, 0.29) is 5.43 Å². The van der Waals surface area contributed by atoms with Crippen LogP contribution in [0.4, 0.5) is 11.5 Å². The summed E-state index contributed by atoms with van der Waals surface area (Å²) < 4.78 is 7.26. The molecule has 128 valence electrons. The van der Waals surface area contributed by atoms with Crippen molar-refractivity contribution in [3.63, 3.8) is 0 Å². The molecule has 0 radical (unpaired) electrons. The Morgan fingerprint density at radius 3 is 2.35 bits per heavy atom. The fourth-order valence-electron chi connectivity index (χ4n) is 2.93. The van der Waals surface area contributed by atoms with Gasteiger partial charge in [0.15, 0.2) is 5.43 Å². The van der Waals surface area contributed by atoms with E-state index in [0.29, 0.717) is 17.1 Å². The maximum atomic E-state index is 12.6. The molecule has 0 fully saturated rings. The quantitative estimate of drug-likeness (QED) is 0.605. The number of ether oxygens (including phenoxy) is 1. The second-order valence-corrected chi connectivity index (χ2v) is 5.80. The minimum Gasteiger partial charge on any atom is -0.481 e. The van der Waals surface area contributed by atoms with E-state index in [2.05, 4.69) is 10.3 Å². The third-order valence-electron chi connectivity index (χ3n) is 4.14. The molecule has 0 spiro atoms. The van der Waals surface area contributed by atoms with Crippen LogP contribution in [0.5, 0.6) is 5.88 Å². The first kappa shape index (κ1) is 15.9. The fraction of sp³-hybridized carbons (Fsp3) is 0.0476. The van der Waals surface area contributed by atoms with Gasteiger partial charge >= 0.3 is 0 Å². The van der Waals surface area contributed by atoms with Crippen LogP contribution in [0.3, 0.4) is 0 Å². The second-order valence-electron chi connectivity index (χ2n) is 5.80. The van der Waals surface area contributed by atoms with Crippen molar-refractivity contribution in [2.75, 3.05) is 12.4 Å². The van der Waals surface area contributed by atoms with Crippen molar-refractivity contribution in [2.24, 2.45) is 0 Å². The molecule has 0 bridgehead atoms. The molecule has 4 aromatic rings. The van der Waals surface area contributed by atoms with Gasteiger partial charge in [0.05, 0.1) is 18.0 Å². The normalized spacial score (nSPS) is 10.7. The number of benzene rings is 2. The lowest BCUT2D eigenvalue weighted by Crippen LogP contribution is -2.13. The topological polar surface area (TPSA) is 56.1 Å². The number of nitrogens with zero attached hydrogens (tertiary/aromatic N) is 2. The highest BCUT2D eigenvalue weighted by molar-refractivity contribution is 5.84. The molecule has 1 N–H and O–H groups in total. The summed E-state index contributed by atoms with van der Waals surface area (Å²) >= 11 is 0. The van der Waals surface area contributed by atoms with Gasteiger partial charge in [0, 0.05) is 29.7 Å². The number of para-hydroxylation sites is 2. The fourth-order valence-corrected chi connectivity index (χ4v) is 2.93. The molecule has 0 unspecified atom stereocenters. The number of aromatic nitrogens is 2. The molecule has 0 aliphatic rings. The molecular weight excluding hydrogens is 326 g/mol. The van der Waals surface area contributed by atoms with E-state index in [1.807, 2.05) is 65.2 Å². The number of fused-ring (bicyclic) bond motifs is 1. The molecule has 2 aromatic carbocycles. The number of pyridine rings is 2. The molecule has 5 heteroatoms. The number of anilines is 2. The molecule has 2 aromatic heterocycles. The van der Waals surface area contributed by atoms with Gasteiger partial charge in [-0.05, 0) is 24.3 Å². The van der Waals surface area contributed by atoms with E-state index in [1.54, 1.807) is 25.4 Å². The Morgan fingerprint density at radius 2 is 1.65 bits per heavy atom. The average molecular weight is 343 g/mol. The van der Waals surface area contributed by atoms with Crippen molar-refractivity contribution in [1.29, 1.82) is 0 Å². The van der Waals surface area contributed by atoms with Crippen LogP contribution in [0.15, 0.2) is 83.8 Å². The zero-order valence-corrected chi connectivity index (χ0v) is 14.2. The van der Waals surface area contributed by atoms with Crippen molar-refractivity contribution in [2.45, 2.75) is 0 Å². The molecule has 26 heavy (non-hydrogen) atoms. The summed E-state index contributed by atoms with van der Waals surface area (Å²) in [6.45, 7) is 0. The molecular formula is C21H17N3O2. The first-order chi connectivity index (χ1) is 12.8. The smallest absolute Gasteiger partial charge is 0.215 e. The Kier molecular flexibility index (Phi) is 4.11. The Balaban J connectivity index is 2.02. The summed E-state index contributed by atoms with van der Waals surface area (Å²) in [5, 5.41) is 3.88. The van der Waals surface area contributed by atoms with E-state index < -0.39 is 0 Å². The summed E-state index contributed by atoms with van der Waals surface area (Å²) in [7, 11) is 1.56. The third-order valence-corrected chi connectivity index (χ3v) is 4.14. The maximum absolute atomic E-state index is 12.6. The molecule has 0 amide bonds. The van der Waals surface area contributed by atoms with Gasteiger partial charge in [-0.25, -0.2) is 4.98 Å². The number of hydrogen-bond donors (Lipinski definition) is 1. The lowest BCUT2D eigenvalue weighted by Gasteiger charge is -2.18. The highest BCUT2D eigenvalue weighted by atomic mass is 16.5. The zero-order valence-electron chi connectivity index (χ0n) is 14.2. The number of hydrogen-bond acceptors (Lipinski definition) is 4. The Bertz CT molecular complexity index is 1110. The van der Waals surface area contributed by atoms with E-state index in [9.17, 15) is 4.79 Å². The summed E-state index contributed by atoms with van der Waals surface area (Å²) in [6, 6.07) is 23.0. The minimum atomic E-state index is -0.0965. The lowest BCUT2D eigenvalue weighted by molar-refractivity contribution is 0.398. The standard InChI is InChI=1S/C21H17N3O2/c1-26-21-12-18-17(14-22-21)19(25)13-20(23-15-8-4-2-5-9-15)24(18)16-10-6-3-7-11-16/h2-14,23H,1H3. The summed E-state index contributed by atoms with van der Waals surface area (Å²) in [5.41, 5.74) is 2.47. The molecule has 4 rings (SSSR count). The molecule has 2 heterocycles. The lowest BCUT2D eigenvalue weighted by atomic mass is 10.2. The van der Waals surface area contributed by atoms with Crippen LogP contribution in [0.25, 0.3) is 16.6 Å². The van der Waals surface area contributed by atoms with Gasteiger partial charge in [0.2, 0.25) is 5.88 Å². The molecule has 0 saturated heterocycles. The van der Waals surface area contributed by atoms with Gasteiger partial charge in [0.25, 0.3) is 0 Å². The number of methoxy groups -OCH3 is 1. The van der Waals surface area contributed by atoms with Crippen LogP contribution in [0.1, 0.15) is 0 Å². The van der Waals surface area contributed by atoms with Crippen molar-refractivity contribution in [1.82, 2.24) is 9.55 Å². The highest BCUT2D eigenvalue weighted by Crippen LogP contribution is 2.26. The molecule has 0 saturated carbocycles. The van der Waals surface area contributed by atoms with Gasteiger partial charge in [-0.15, -0.1) is 0 Å². The summed E-state index contributed by atoms with van der Waals surface area (Å²) in [6.07, 6.45) is 1.56. The second kappa shape index (κ2) is 6.72. The van der Waals surface area contributed by atoms with Crippen molar-refractivity contribution in [3.05, 3.63) is 89.2 Å². The average Bonchev–Trinajstić information content (AvgIpc) is 2.69. The van der Waals surface area contributed by atoms with E-state index in [0.717, 1.165) is 16.9 Å².